The largest absolute Gasteiger partial charge is 0.278 e. The van der Waals surface area contributed by atoms with Crippen LogP contribution in [0.1, 0.15) is 0 Å². The maximum absolute atomic E-state index is 5.62. The molecule has 262 valence electrons. The predicted octanol–water partition coefficient (Wildman–Crippen LogP) is 12.1. The van der Waals surface area contributed by atoms with Gasteiger partial charge in [-0.1, -0.05) is 140 Å². The van der Waals surface area contributed by atoms with E-state index in [2.05, 4.69) is 167 Å². The van der Waals surface area contributed by atoms with Crippen LogP contribution in [0.15, 0.2) is 194 Å². The number of aromatic nitrogens is 6. The minimum absolute atomic E-state index is 0.767. The molecule has 6 aromatic heterocycles. The summed E-state index contributed by atoms with van der Waals surface area (Å²) in [5, 5.41) is 3.08. The third kappa shape index (κ3) is 5.27. The van der Waals surface area contributed by atoms with Crippen molar-refractivity contribution in [2.75, 3.05) is 0 Å². The number of fused-ring (bicyclic) bond motifs is 6. The average molecular weight is 717 g/mol. The molecule has 11 rings (SSSR count). The topological polar surface area (TPSA) is 61.4 Å². The Labute approximate surface area is 322 Å². The molecule has 0 atom stereocenters. The number of nitrogens with zero attached hydrogens (tertiary/aromatic N) is 6. The molecule has 0 saturated heterocycles. The first-order valence-corrected chi connectivity index (χ1v) is 18.7. The summed E-state index contributed by atoms with van der Waals surface area (Å²) in [6, 6.07) is 65.2. The Balaban J connectivity index is 1.23. The molecule has 0 amide bonds. The lowest BCUT2D eigenvalue weighted by Crippen LogP contribution is -2.03. The van der Waals surface area contributed by atoms with Gasteiger partial charge in [-0.05, 0) is 70.8 Å². The standard InChI is InChI=1S/C50H32N6/c1-5-16-33(17-6-1)37-28-42(35-20-9-3-10-21-35)52-46(30-37)55-44-25-14-13-24-39(44)40-32-41-48-45(26-15-27-51-48)56(50(41)54-49(40)55)47-31-38(34-18-7-2-8-19-34)29-43(53-47)36-22-11-4-12-23-36/h1-32H. The van der Waals surface area contributed by atoms with Crippen LogP contribution in [-0.2, 0) is 0 Å². The van der Waals surface area contributed by atoms with E-state index in [1.807, 2.05) is 36.5 Å². The second-order valence-corrected chi connectivity index (χ2v) is 14.0. The Kier molecular flexibility index (Phi) is 7.38. The van der Waals surface area contributed by atoms with E-state index >= 15 is 0 Å². The molecule has 0 unspecified atom stereocenters. The lowest BCUT2D eigenvalue weighted by molar-refractivity contribution is 1.04. The number of hydrogen-bond acceptors (Lipinski definition) is 4. The lowest BCUT2D eigenvalue weighted by atomic mass is 10.0. The molecular weight excluding hydrogens is 685 g/mol. The zero-order valence-corrected chi connectivity index (χ0v) is 30.2. The summed E-state index contributed by atoms with van der Waals surface area (Å²) in [7, 11) is 0. The van der Waals surface area contributed by atoms with E-state index in [-0.39, 0.29) is 0 Å². The Morgan fingerprint density at radius 3 is 1.36 bits per heavy atom. The molecule has 56 heavy (non-hydrogen) atoms. The summed E-state index contributed by atoms with van der Waals surface area (Å²) in [6.45, 7) is 0. The van der Waals surface area contributed by atoms with Crippen molar-refractivity contribution in [1.29, 1.82) is 0 Å². The van der Waals surface area contributed by atoms with Gasteiger partial charge in [0, 0.05) is 33.5 Å². The second-order valence-electron chi connectivity index (χ2n) is 14.0. The van der Waals surface area contributed by atoms with Crippen LogP contribution in [0.3, 0.4) is 0 Å². The zero-order valence-electron chi connectivity index (χ0n) is 30.2. The highest BCUT2D eigenvalue weighted by Gasteiger charge is 2.22. The molecule has 0 aliphatic rings. The molecule has 0 saturated carbocycles. The summed E-state index contributed by atoms with van der Waals surface area (Å²) in [6.07, 6.45) is 1.85. The molecular formula is C50H32N6. The van der Waals surface area contributed by atoms with Gasteiger partial charge in [-0.25, -0.2) is 15.0 Å². The van der Waals surface area contributed by atoms with Crippen molar-refractivity contribution in [3.8, 4) is 56.4 Å². The van der Waals surface area contributed by atoms with Gasteiger partial charge in [-0.15, -0.1) is 0 Å². The van der Waals surface area contributed by atoms with E-state index in [4.69, 9.17) is 19.9 Å². The van der Waals surface area contributed by atoms with Gasteiger partial charge in [-0.2, -0.15) is 0 Å². The Bertz CT molecular complexity index is 2890. The third-order valence-corrected chi connectivity index (χ3v) is 10.6. The summed E-state index contributed by atoms with van der Waals surface area (Å²) >= 11 is 0. The summed E-state index contributed by atoms with van der Waals surface area (Å²) in [5.74, 6) is 1.56. The van der Waals surface area contributed by atoms with Gasteiger partial charge >= 0.3 is 0 Å². The van der Waals surface area contributed by atoms with E-state index < -0.39 is 0 Å². The lowest BCUT2D eigenvalue weighted by Gasteiger charge is -2.13. The highest BCUT2D eigenvalue weighted by atomic mass is 15.2. The predicted molar refractivity (Wildman–Crippen MR) is 228 cm³/mol. The Morgan fingerprint density at radius 2 is 0.786 bits per heavy atom. The maximum Gasteiger partial charge on any atom is 0.150 e. The maximum atomic E-state index is 5.62. The van der Waals surface area contributed by atoms with Crippen LogP contribution in [0, 0.1) is 0 Å². The van der Waals surface area contributed by atoms with E-state index in [9.17, 15) is 0 Å². The van der Waals surface area contributed by atoms with Gasteiger partial charge < -0.3 is 0 Å². The molecule has 5 aromatic carbocycles. The summed E-state index contributed by atoms with van der Waals surface area (Å²) in [4.78, 5) is 21.3. The molecule has 6 heterocycles. The van der Waals surface area contributed by atoms with E-state index in [1.54, 1.807) is 0 Å². The van der Waals surface area contributed by atoms with Crippen LogP contribution in [0.4, 0.5) is 0 Å². The fourth-order valence-corrected chi connectivity index (χ4v) is 7.95. The summed E-state index contributed by atoms with van der Waals surface area (Å²) < 4.78 is 4.38. The number of benzene rings is 5. The average Bonchev–Trinajstić information content (AvgIpc) is 3.78. The highest BCUT2D eigenvalue weighted by Crippen LogP contribution is 2.39. The number of rotatable bonds is 6. The van der Waals surface area contributed by atoms with E-state index in [0.29, 0.717) is 0 Å². The fourth-order valence-electron chi connectivity index (χ4n) is 7.95. The van der Waals surface area contributed by atoms with Gasteiger partial charge in [0.05, 0.1) is 27.9 Å². The van der Waals surface area contributed by atoms with Crippen molar-refractivity contribution in [1.82, 2.24) is 29.1 Å². The van der Waals surface area contributed by atoms with Crippen molar-refractivity contribution in [2.24, 2.45) is 0 Å². The molecule has 11 aromatic rings. The van der Waals surface area contributed by atoms with Crippen molar-refractivity contribution in [3.63, 3.8) is 0 Å². The van der Waals surface area contributed by atoms with Crippen LogP contribution in [0.5, 0.6) is 0 Å². The monoisotopic (exact) mass is 716 g/mol. The number of hydrogen-bond donors (Lipinski definition) is 0. The van der Waals surface area contributed by atoms with Crippen LogP contribution in [-0.4, -0.2) is 29.1 Å². The molecule has 0 fully saturated rings. The minimum Gasteiger partial charge on any atom is -0.278 e. The SMILES string of the molecule is c1ccc(-c2cc(-c3ccccc3)nc(-n3c4ccccc4c4cc5c6ncccc6n(-c6cc(-c7ccccc7)cc(-c7ccccc7)n6)c5nc43)c2)cc1. The van der Waals surface area contributed by atoms with Crippen molar-refractivity contribution in [3.05, 3.63) is 194 Å². The molecule has 0 radical (unpaired) electrons. The fraction of sp³-hybridized carbons (Fsp3) is 0. The van der Waals surface area contributed by atoms with Crippen LogP contribution in [0.2, 0.25) is 0 Å². The molecule has 0 bridgehead atoms. The summed E-state index contributed by atoms with van der Waals surface area (Å²) in [5.41, 5.74) is 12.7. The molecule has 6 heteroatoms. The van der Waals surface area contributed by atoms with E-state index in [0.717, 1.165) is 100 Å². The second kappa shape index (κ2) is 13.0. The van der Waals surface area contributed by atoms with Gasteiger partial charge in [0.2, 0.25) is 0 Å². The molecule has 0 aliphatic heterocycles. The van der Waals surface area contributed by atoms with Crippen molar-refractivity contribution < 1.29 is 0 Å². The van der Waals surface area contributed by atoms with E-state index in [1.165, 1.54) is 0 Å². The third-order valence-electron chi connectivity index (χ3n) is 10.6. The number of pyridine rings is 4. The number of para-hydroxylation sites is 1. The van der Waals surface area contributed by atoms with Crippen molar-refractivity contribution in [2.45, 2.75) is 0 Å². The van der Waals surface area contributed by atoms with Crippen LogP contribution in [0.25, 0.3) is 100 Å². The molecule has 0 aliphatic carbocycles. The van der Waals surface area contributed by atoms with Gasteiger partial charge in [-0.3, -0.25) is 14.1 Å². The first-order chi connectivity index (χ1) is 27.8. The first-order valence-electron chi connectivity index (χ1n) is 18.7. The van der Waals surface area contributed by atoms with Crippen molar-refractivity contribution >= 4 is 44.0 Å². The Morgan fingerprint density at radius 1 is 0.321 bits per heavy atom. The zero-order chi connectivity index (χ0) is 37.0. The molecule has 0 N–H and O–H groups in total. The van der Waals surface area contributed by atoms with Gasteiger partial charge in [0.25, 0.3) is 0 Å². The first kappa shape index (κ1) is 31.8. The van der Waals surface area contributed by atoms with Gasteiger partial charge in [0.15, 0.2) is 5.65 Å². The highest BCUT2D eigenvalue weighted by molar-refractivity contribution is 6.15. The molecule has 6 nitrogen and oxygen atoms in total. The molecule has 0 spiro atoms. The Hall–Kier alpha value is -7.70. The quantitative estimate of drug-likeness (QED) is 0.172. The van der Waals surface area contributed by atoms with Gasteiger partial charge in [0.1, 0.15) is 17.3 Å². The van der Waals surface area contributed by atoms with Crippen LogP contribution >= 0.6 is 0 Å². The van der Waals surface area contributed by atoms with Crippen LogP contribution < -0.4 is 0 Å². The minimum atomic E-state index is 0.767. The smallest absolute Gasteiger partial charge is 0.150 e. The normalized spacial score (nSPS) is 11.6.